The van der Waals surface area contributed by atoms with Gasteiger partial charge >= 0.3 is 0 Å². The summed E-state index contributed by atoms with van der Waals surface area (Å²) in [4.78, 5) is 19.3. The lowest BCUT2D eigenvalue weighted by Crippen LogP contribution is -2.14. The molecule has 17 heavy (non-hydrogen) atoms. The molecule has 4 heteroatoms. The van der Waals surface area contributed by atoms with E-state index < -0.39 is 0 Å². The van der Waals surface area contributed by atoms with E-state index in [0.29, 0.717) is 16.7 Å². The molecule has 1 aromatic carbocycles. The minimum absolute atomic E-state index is 0.107. The Balaban J connectivity index is 2.74. The minimum atomic E-state index is -0.107. The van der Waals surface area contributed by atoms with Gasteiger partial charge in [-0.1, -0.05) is 19.9 Å². The first-order valence-corrected chi connectivity index (χ1v) is 5.74. The number of nitrogens with one attached hydrogen (secondary N) is 1. The third-order valence-corrected chi connectivity index (χ3v) is 3.02. The summed E-state index contributed by atoms with van der Waals surface area (Å²) in [5.41, 5.74) is 0.526. The molecule has 2 aromatic rings. The fourth-order valence-electron chi connectivity index (χ4n) is 1.74. The highest BCUT2D eigenvalue weighted by atomic mass is 16.5. The van der Waals surface area contributed by atoms with Crippen LogP contribution in [0.4, 0.5) is 0 Å². The normalized spacial score (nSPS) is 12.6. The molecule has 1 aromatic heterocycles. The van der Waals surface area contributed by atoms with E-state index in [2.05, 4.69) is 16.9 Å². The number of benzene rings is 1. The molecular formula is C13H16N2O2. The number of fused-ring (bicyclic) bond motifs is 1. The van der Waals surface area contributed by atoms with Crippen LogP contribution in [-0.2, 0) is 0 Å². The Bertz CT molecular complexity index is 589. The largest absolute Gasteiger partial charge is 0.494 e. The zero-order valence-corrected chi connectivity index (χ0v) is 10.3. The van der Waals surface area contributed by atoms with E-state index in [-0.39, 0.29) is 11.5 Å². The lowest BCUT2D eigenvalue weighted by molar-refractivity contribution is 0.418. The topological polar surface area (TPSA) is 55.0 Å². The molecule has 1 atom stereocenters. The lowest BCUT2D eigenvalue weighted by Gasteiger charge is -2.10. The highest BCUT2D eigenvalue weighted by Crippen LogP contribution is 2.22. The molecule has 0 fully saturated rings. The van der Waals surface area contributed by atoms with E-state index in [1.54, 1.807) is 19.2 Å². The van der Waals surface area contributed by atoms with E-state index in [4.69, 9.17) is 4.74 Å². The molecule has 0 aliphatic rings. The van der Waals surface area contributed by atoms with Gasteiger partial charge in [-0.2, -0.15) is 0 Å². The van der Waals surface area contributed by atoms with E-state index in [1.165, 1.54) is 0 Å². The van der Waals surface area contributed by atoms with Gasteiger partial charge in [-0.15, -0.1) is 0 Å². The maximum atomic E-state index is 11.9. The van der Waals surface area contributed by atoms with Gasteiger partial charge in [0.05, 0.1) is 12.5 Å². The van der Waals surface area contributed by atoms with Crippen molar-refractivity contribution in [1.29, 1.82) is 0 Å². The SMILES string of the molecule is CCC(C)c1nc2c(OC)cccc2c(=O)[nH]1. The third kappa shape index (κ3) is 2.02. The molecule has 0 saturated carbocycles. The molecule has 4 nitrogen and oxygen atoms in total. The first-order valence-electron chi connectivity index (χ1n) is 5.74. The summed E-state index contributed by atoms with van der Waals surface area (Å²) in [6, 6.07) is 5.36. The molecule has 0 aliphatic heterocycles. The lowest BCUT2D eigenvalue weighted by atomic mass is 10.1. The van der Waals surface area contributed by atoms with Crippen molar-refractivity contribution in [3.05, 3.63) is 34.4 Å². The van der Waals surface area contributed by atoms with Gasteiger partial charge < -0.3 is 9.72 Å². The van der Waals surface area contributed by atoms with Crippen LogP contribution in [-0.4, -0.2) is 17.1 Å². The van der Waals surface area contributed by atoms with Gasteiger partial charge in [0.2, 0.25) is 0 Å². The van der Waals surface area contributed by atoms with E-state index in [1.807, 2.05) is 13.0 Å². The Morgan fingerprint density at radius 2 is 2.24 bits per heavy atom. The fourth-order valence-corrected chi connectivity index (χ4v) is 1.74. The van der Waals surface area contributed by atoms with Crippen molar-refractivity contribution in [2.75, 3.05) is 7.11 Å². The summed E-state index contributed by atoms with van der Waals surface area (Å²) in [6.45, 7) is 4.11. The standard InChI is InChI=1S/C13H16N2O2/c1-4-8(2)12-14-11-9(13(16)15-12)6-5-7-10(11)17-3/h5-8H,4H2,1-3H3,(H,14,15,16). The van der Waals surface area contributed by atoms with Crippen LogP contribution in [0.25, 0.3) is 10.9 Å². The maximum absolute atomic E-state index is 11.9. The zero-order chi connectivity index (χ0) is 12.4. The monoisotopic (exact) mass is 232 g/mol. The van der Waals surface area contributed by atoms with Crippen LogP contribution in [0.3, 0.4) is 0 Å². The summed E-state index contributed by atoms with van der Waals surface area (Å²) in [5, 5.41) is 0.566. The summed E-state index contributed by atoms with van der Waals surface area (Å²) in [6.07, 6.45) is 0.934. The van der Waals surface area contributed by atoms with Gasteiger partial charge in [-0.05, 0) is 18.6 Å². The average Bonchev–Trinajstić information content (AvgIpc) is 2.37. The van der Waals surface area contributed by atoms with Gasteiger partial charge in [-0.3, -0.25) is 4.79 Å². The molecule has 0 amide bonds. The van der Waals surface area contributed by atoms with Crippen LogP contribution in [0.2, 0.25) is 0 Å². The number of H-pyrrole nitrogens is 1. The maximum Gasteiger partial charge on any atom is 0.258 e. The number of rotatable bonds is 3. The van der Waals surface area contributed by atoms with Crippen LogP contribution in [0, 0.1) is 0 Å². The number of aromatic amines is 1. The van der Waals surface area contributed by atoms with E-state index >= 15 is 0 Å². The number of nitrogens with zero attached hydrogens (tertiary/aromatic N) is 1. The minimum Gasteiger partial charge on any atom is -0.494 e. The van der Waals surface area contributed by atoms with Crippen molar-refractivity contribution >= 4 is 10.9 Å². The number of ether oxygens (including phenoxy) is 1. The van der Waals surface area contributed by atoms with Crippen molar-refractivity contribution in [2.24, 2.45) is 0 Å². The van der Waals surface area contributed by atoms with Crippen molar-refractivity contribution in [2.45, 2.75) is 26.2 Å². The average molecular weight is 232 g/mol. The van der Waals surface area contributed by atoms with Crippen LogP contribution >= 0.6 is 0 Å². The molecular weight excluding hydrogens is 216 g/mol. The van der Waals surface area contributed by atoms with Crippen LogP contribution in [0.5, 0.6) is 5.75 Å². The van der Waals surface area contributed by atoms with Gasteiger partial charge in [-0.25, -0.2) is 4.98 Å². The summed E-state index contributed by atoms with van der Waals surface area (Å²) < 4.78 is 5.24. The van der Waals surface area contributed by atoms with Crippen molar-refractivity contribution < 1.29 is 4.74 Å². The highest BCUT2D eigenvalue weighted by molar-refractivity contribution is 5.83. The Hall–Kier alpha value is -1.84. The van der Waals surface area contributed by atoms with Crippen molar-refractivity contribution in [1.82, 2.24) is 9.97 Å². The summed E-state index contributed by atoms with van der Waals surface area (Å²) in [5.74, 6) is 1.59. The van der Waals surface area contributed by atoms with Crippen LogP contribution < -0.4 is 10.3 Å². The van der Waals surface area contributed by atoms with E-state index in [0.717, 1.165) is 12.2 Å². The molecule has 0 aliphatic carbocycles. The molecule has 0 bridgehead atoms. The third-order valence-electron chi connectivity index (χ3n) is 3.02. The Labute approximate surface area is 99.7 Å². The summed E-state index contributed by atoms with van der Waals surface area (Å²) in [7, 11) is 1.58. The molecule has 0 saturated heterocycles. The van der Waals surface area contributed by atoms with Crippen molar-refractivity contribution in [3.8, 4) is 5.75 Å². The quantitative estimate of drug-likeness (QED) is 0.884. The smallest absolute Gasteiger partial charge is 0.258 e. The molecule has 2 rings (SSSR count). The second-order valence-electron chi connectivity index (χ2n) is 4.12. The van der Waals surface area contributed by atoms with Gasteiger partial charge in [0.25, 0.3) is 5.56 Å². The van der Waals surface area contributed by atoms with Gasteiger partial charge in [0.15, 0.2) is 0 Å². The van der Waals surface area contributed by atoms with Crippen molar-refractivity contribution in [3.63, 3.8) is 0 Å². The van der Waals surface area contributed by atoms with Crippen LogP contribution in [0.1, 0.15) is 32.0 Å². The molecule has 1 heterocycles. The fraction of sp³-hybridized carbons (Fsp3) is 0.385. The molecule has 1 N–H and O–H groups in total. The molecule has 1 unspecified atom stereocenters. The molecule has 0 spiro atoms. The predicted octanol–water partition coefficient (Wildman–Crippen LogP) is 2.45. The predicted molar refractivity (Wildman–Crippen MR) is 67.6 cm³/mol. The Morgan fingerprint density at radius 3 is 2.88 bits per heavy atom. The van der Waals surface area contributed by atoms with Crippen LogP contribution in [0.15, 0.2) is 23.0 Å². The first kappa shape index (κ1) is 11.6. The summed E-state index contributed by atoms with van der Waals surface area (Å²) >= 11 is 0. The second kappa shape index (κ2) is 4.57. The number of para-hydroxylation sites is 1. The first-order chi connectivity index (χ1) is 8.17. The van der Waals surface area contributed by atoms with Gasteiger partial charge in [0, 0.05) is 5.92 Å². The Morgan fingerprint density at radius 1 is 1.47 bits per heavy atom. The number of aromatic nitrogens is 2. The second-order valence-corrected chi connectivity index (χ2v) is 4.12. The molecule has 0 radical (unpaired) electrons. The van der Waals surface area contributed by atoms with Gasteiger partial charge in [0.1, 0.15) is 17.1 Å². The Kier molecular flexibility index (Phi) is 3.13. The zero-order valence-electron chi connectivity index (χ0n) is 10.3. The van der Waals surface area contributed by atoms with E-state index in [9.17, 15) is 4.79 Å². The number of hydrogen-bond donors (Lipinski definition) is 1. The molecule has 90 valence electrons. The number of hydrogen-bond acceptors (Lipinski definition) is 3. The highest BCUT2D eigenvalue weighted by Gasteiger charge is 2.11. The number of methoxy groups -OCH3 is 1.